The zero-order valence-corrected chi connectivity index (χ0v) is 7.78. The summed E-state index contributed by atoms with van der Waals surface area (Å²) < 4.78 is 5.23. The average Bonchev–Trinajstić information content (AvgIpc) is 2.21. The van der Waals surface area contributed by atoms with Crippen molar-refractivity contribution in [2.24, 2.45) is 11.7 Å². The predicted octanol–water partition coefficient (Wildman–Crippen LogP) is -2.96. The minimum atomic E-state index is -0.969. The highest BCUT2D eigenvalue weighted by molar-refractivity contribution is 4.93. The van der Waals surface area contributed by atoms with Gasteiger partial charge in [0.25, 0.3) is 0 Å². The number of aliphatic hydroxyl groups is 4. The number of hydrogen-bond donors (Lipinski definition) is 5. The van der Waals surface area contributed by atoms with E-state index >= 15 is 0 Å². The maximum atomic E-state index is 9.65. The van der Waals surface area contributed by atoms with Crippen LogP contribution in [0.4, 0.5) is 0 Å². The van der Waals surface area contributed by atoms with E-state index in [4.69, 9.17) is 25.8 Å². The largest absolute Gasteiger partial charge is 0.396 e. The second-order valence-corrected chi connectivity index (χ2v) is 3.49. The van der Waals surface area contributed by atoms with Gasteiger partial charge in [-0.15, -0.1) is 0 Å². The molecule has 0 aromatic carbocycles. The molecule has 0 saturated carbocycles. The molecule has 84 valence electrons. The highest BCUT2D eigenvalue weighted by atomic mass is 16.5. The number of nitrogens with two attached hydrogens (primary N) is 1. The summed E-state index contributed by atoms with van der Waals surface area (Å²) in [4.78, 5) is 0. The van der Waals surface area contributed by atoms with Crippen molar-refractivity contribution in [1.82, 2.24) is 0 Å². The second kappa shape index (κ2) is 5.01. The lowest BCUT2D eigenvalue weighted by Crippen LogP contribution is -2.61. The Labute approximate surface area is 81.9 Å². The summed E-state index contributed by atoms with van der Waals surface area (Å²) in [5, 5.41) is 36.5. The van der Waals surface area contributed by atoms with Crippen LogP contribution in [0.15, 0.2) is 0 Å². The first-order chi connectivity index (χ1) is 6.65. The third-order valence-electron chi connectivity index (χ3n) is 2.66. The van der Waals surface area contributed by atoms with E-state index in [9.17, 15) is 5.11 Å². The van der Waals surface area contributed by atoms with E-state index in [1.54, 1.807) is 0 Å². The Balaban J connectivity index is 2.71. The van der Waals surface area contributed by atoms with E-state index in [2.05, 4.69) is 0 Å². The van der Waals surface area contributed by atoms with Gasteiger partial charge < -0.3 is 30.9 Å². The highest BCUT2D eigenvalue weighted by Gasteiger charge is 2.42. The lowest BCUT2D eigenvalue weighted by Gasteiger charge is -2.41. The van der Waals surface area contributed by atoms with Crippen molar-refractivity contribution in [2.75, 3.05) is 19.8 Å². The molecule has 0 aromatic rings. The molecular formula is C8H17NO5. The van der Waals surface area contributed by atoms with Crippen molar-refractivity contribution in [2.45, 2.75) is 24.4 Å². The summed E-state index contributed by atoms with van der Waals surface area (Å²) in [6.45, 7) is -0.934. The molecule has 0 radical (unpaired) electrons. The fourth-order valence-electron chi connectivity index (χ4n) is 1.71. The molecule has 1 aliphatic heterocycles. The van der Waals surface area contributed by atoms with Gasteiger partial charge in [-0.05, 0) is 0 Å². The first-order valence-corrected chi connectivity index (χ1v) is 4.57. The molecule has 1 saturated heterocycles. The molecule has 5 atom stereocenters. The van der Waals surface area contributed by atoms with Gasteiger partial charge in [0.05, 0.1) is 44.2 Å². The zero-order valence-electron chi connectivity index (χ0n) is 7.78. The summed E-state index contributed by atoms with van der Waals surface area (Å²) in [5.41, 5.74) is 5.59. The maximum absolute atomic E-state index is 9.65. The van der Waals surface area contributed by atoms with Crippen LogP contribution in [0.2, 0.25) is 0 Å². The molecule has 1 fully saturated rings. The van der Waals surface area contributed by atoms with Crippen LogP contribution in [0.5, 0.6) is 0 Å². The fourth-order valence-corrected chi connectivity index (χ4v) is 1.71. The minimum Gasteiger partial charge on any atom is -0.396 e. The Morgan fingerprint density at radius 2 is 1.57 bits per heavy atom. The predicted molar refractivity (Wildman–Crippen MR) is 47.4 cm³/mol. The summed E-state index contributed by atoms with van der Waals surface area (Å²) >= 11 is 0. The Hall–Kier alpha value is -0.240. The molecule has 0 bridgehead atoms. The van der Waals surface area contributed by atoms with E-state index in [0.717, 1.165) is 0 Å². The van der Waals surface area contributed by atoms with Gasteiger partial charge in [0.15, 0.2) is 0 Å². The van der Waals surface area contributed by atoms with Crippen molar-refractivity contribution < 1.29 is 25.2 Å². The van der Waals surface area contributed by atoms with Crippen LogP contribution in [0, 0.1) is 5.92 Å². The molecule has 6 N–H and O–H groups in total. The van der Waals surface area contributed by atoms with Gasteiger partial charge in [0.2, 0.25) is 0 Å². The topological polar surface area (TPSA) is 116 Å². The molecule has 0 spiro atoms. The molecule has 6 nitrogen and oxygen atoms in total. The molecule has 14 heavy (non-hydrogen) atoms. The Morgan fingerprint density at radius 1 is 1.00 bits per heavy atom. The quantitative estimate of drug-likeness (QED) is 0.337. The van der Waals surface area contributed by atoms with E-state index in [1.807, 2.05) is 0 Å². The van der Waals surface area contributed by atoms with Crippen LogP contribution in [0.25, 0.3) is 0 Å². The van der Waals surface area contributed by atoms with Gasteiger partial charge in [-0.25, -0.2) is 0 Å². The molecule has 1 rings (SSSR count). The van der Waals surface area contributed by atoms with Crippen molar-refractivity contribution in [1.29, 1.82) is 0 Å². The first-order valence-electron chi connectivity index (χ1n) is 4.57. The standard InChI is InChI=1S/C8H17NO5/c9-7-6(3-12)14-5(2-11)4(1-10)8(7)13/h4-8,10-13H,1-3,9H2/t4?,5-,6+,7+,8+/m1/s1. The molecule has 1 unspecified atom stereocenters. The van der Waals surface area contributed by atoms with Gasteiger partial charge >= 0.3 is 0 Å². The van der Waals surface area contributed by atoms with Crippen LogP contribution in [0.3, 0.4) is 0 Å². The molecule has 0 aliphatic carbocycles. The molecule has 1 heterocycles. The van der Waals surface area contributed by atoms with Crippen LogP contribution in [0.1, 0.15) is 0 Å². The smallest absolute Gasteiger partial charge is 0.0986 e. The molecular weight excluding hydrogens is 190 g/mol. The Kier molecular flexibility index (Phi) is 4.24. The second-order valence-electron chi connectivity index (χ2n) is 3.49. The van der Waals surface area contributed by atoms with Crippen LogP contribution in [-0.2, 0) is 4.74 Å². The molecule has 0 amide bonds. The van der Waals surface area contributed by atoms with Crippen LogP contribution in [-0.4, -0.2) is 64.6 Å². The summed E-state index contributed by atoms with van der Waals surface area (Å²) in [6, 6.07) is -0.736. The maximum Gasteiger partial charge on any atom is 0.0986 e. The Morgan fingerprint density at radius 3 is 2.00 bits per heavy atom. The third-order valence-corrected chi connectivity index (χ3v) is 2.66. The lowest BCUT2D eigenvalue weighted by molar-refractivity contribution is -0.178. The molecule has 6 heteroatoms. The van der Waals surface area contributed by atoms with Crippen LogP contribution < -0.4 is 5.73 Å². The minimum absolute atomic E-state index is 0.307. The van der Waals surface area contributed by atoms with Crippen molar-refractivity contribution in [3.63, 3.8) is 0 Å². The third kappa shape index (κ3) is 2.05. The number of aliphatic hydroxyl groups excluding tert-OH is 4. The van der Waals surface area contributed by atoms with E-state index in [-0.39, 0.29) is 19.8 Å². The summed E-state index contributed by atoms with van der Waals surface area (Å²) in [6.07, 6.45) is -2.33. The average molecular weight is 207 g/mol. The van der Waals surface area contributed by atoms with Gasteiger partial charge in [-0.3, -0.25) is 0 Å². The van der Waals surface area contributed by atoms with Gasteiger partial charge in [0.1, 0.15) is 0 Å². The van der Waals surface area contributed by atoms with Crippen LogP contribution >= 0.6 is 0 Å². The van der Waals surface area contributed by atoms with Gasteiger partial charge in [-0.1, -0.05) is 0 Å². The monoisotopic (exact) mass is 207 g/mol. The molecule has 1 aliphatic rings. The van der Waals surface area contributed by atoms with Crippen molar-refractivity contribution >= 4 is 0 Å². The van der Waals surface area contributed by atoms with Gasteiger partial charge in [0, 0.05) is 5.92 Å². The zero-order chi connectivity index (χ0) is 10.7. The van der Waals surface area contributed by atoms with Gasteiger partial charge in [-0.2, -0.15) is 0 Å². The summed E-state index contributed by atoms with van der Waals surface area (Å²) in [7, 11) is 0. The SMILES string of the molecule is N[C@H]1[C@H](CO)O[C@H](CO)C(CO)[C@@H]1O. The number of rotatable bonds is 3. The molecule has 0 aromatic heterocycles. The lowest BCUT2D eigenvalue weighted by atomic mass is 9.86. The van der Waals surface area contributed by atoms with E-state index in [0.29, 0.717) is 0 Å². The van der Waals surface area contributed by atoms with E-state index in [1.165, 1.54) is 0 Å². The normalized spacial score (nSPS) is 43.9. The Bertz CT molecular complexity index is 177. The highest BCUT2D eigenvalue weighted by Crippen LogP contribution is 2.24. The first kappa shape index (κ1) is 11.8. The number of hydrogen-bond acceptors (Lipinski definition) is 6. The van der Waals surface area contributed by atoms with Crippen molar-refractivity contribution in [3.8, 4) is 0 Å². The van der Waals surface area contributed by atoms with E-state index < -0.39 is 30.3 Å². The summed E-state index contributed by atoms with van der Waals surface area (Å²) in [5.74, 6) is -0.599. The fraction of sp³-hybridized carbons (Fsp3) is 1.00. The van der Waals surface area contributed by atoms with Crippen molar-refractivity contribution in [3.05, 3.63) is 0 Å². The number of ether oxygens (including phenoxy) is 1.